The number of aryl methyl sites for hydroxylation is 2. The van der Waals surface area contributed by atoms with Crippen molar-refractivity contribution in [3.8, 4) is 5.75 Å². The minimum atomic E-state index is -0.360. The third-order valence-electron chi connectivity index (χ3n) is 4.66. The minimum Gasteiger partial charge on any atom is -0.496 e. The van der Waals surface area contributed by atoms with Crippen LogP contribution in [0, 0.1) is 13.8 Å². The summed E-state index contributed by atoms with van der Waals surface area (Å²) in [6, 6.07) is 19.7. The van der Waals surface area contributed by atoms with E-state index in [9.17, 15) is 9.59 Å². The van der Waals surface area contributed by atoms with Crippen molar-refractivity contribution in [2.75, 3.05) is 17.7 Å². The molecule has 0 atom stereocenters. The van der Waals surface area contributed by atoms with Crippen LogP contribution in [0.5, 0.6) is 5.75 Å². The van der Waals surface area contributed by atoms with Gasteiger partial charge in [0.1, 0.15) is 5.75 Å². The molecule has 0 saturated carbocycles. The standard InChI is InChI=1S/C24H23N3O3S/c1-15-8-7-11-19(21(15)30-3)23(29)27-24(31)25-18-12-13-20(16(2)14-18)26-22(28)17-9-5-4-6-10-17/h4-14H,1-3H3,(H,26,28)(H2,25,27,29,31). The fourth-order valence-corrected chi connectivity index (χ4v) is 3.31. The van der Waals surface area contributed by atoms with Crippen molar-refractivity contribution in [2.24, 2.45) is 0 Å². The number of thiocarbonyl (C=S) groups is 1. The van der Waals surface area contributed by atoms with E-state index in [2.05, 4.69) is 16.0 Å². The number of rotatable bonds is 5. The van der Waals surface area contributed by atoms with Gasteiger partial charge in [0.2, 0.25) is 0 Å². The summed E-state index contributed by atoms with van der Waals surface area (Å²) in [5.74, 6) is -0.0297. The van der Waals surface area contributed by atoms with E-state index in [0.29, 0.717) is 28.3 Å². The SMILES string of the molecule is COc1c(C)cccc1C(=O)NC(=S)Nc1ccc(NC(=O)c2ccccc2)c(C)c1. The van der Waals surface area contributed by atoms with Crippen molar-refractivity contribution in [3.63, 3.8) is 0 Å². The van der Waals surface area contributed by atoms with Crippen molar-refractivity contribution in [1.82, 2.24) is 5.32 Å². The second-order valence-corrected chi connectivity index (χ2v) is 7.32. The Morgan fingerprint density at radius 2 is 1.58 bits per heavy atom. The van der Waals surface area contributed by atoms with E-state index in [0.717, 1.165) is 11.1 Å². The van der Waals surface area contributed by atoms with E-state index in [1.54, 1.807) is 36.4 Å². The van der Waals surface area contributed by atoms with Gasteiger partial charge in [-0.15, -0.1) is 0 Å². The zero-order valence-electron chi connectivity index (χ0n) is 17.5. The van der Waals surface area contributed by atoms with Crippen LogP contribution in [0.1, 0.15) is 31.8 Å². The maximum Gasteiger partial charge on any atom is 0.261 e. The Bertz CT molecular complexity index is 1130. The number of benzene rings is 3. The molecule has 0 aliphatic carbocycles. The fourth-order valence-electron chi connectivity index (χ4n) is 3.10. The molecule has 0 radical (unpaired) electrons. The van der Waals surface area contributed by atoms with Crippen LogP contribution in [0.15, 0.2) is 66.7 Å². The Kier molecular flexibility index (Phi) is 6.99. The molecular weight excluding hydrogens is 410 g/mol. The van der Waals surface area contributed by atoms with Gasteiger partial charge in [0.15, 0.2) is 5.11 Å². The lowest BCUT2D eigenvalue weighted by atomic mass is 10.1. The first-order valence-corrected chi connectivity index (χ1v) is 10.0. The van der Waals surface area contributed by atoms with Gasteiger partial charge in [-0.05, 0) is 73.6 Å². The molecule has 31 heavy (non-hydrogen) atoms. The van der Waals surface area contributed by atoms with Crippen LogP contribution in [-0.2, 0) is 0 Å². The first-order valence-electron chi connectivity index (χ1n) is 9.62. The second kappa shape index (κ2) is 9.86. The molecule has 3 rings (SSSR count). The minimum absolute atomic E-state index is 0.161. The van der Waals surface area contributed by atoms with Crippen LogP contribution in [0.3, 0.4) is 0 Å². The van der Waals surface area contributed by atoms with Crippen LogP contribution in [0.25, 0.3) is 0 Å². The van der Waals surface area contributed by atoms with E-state index in [4.69, 9.17) is 17.0 Å². The van der Waals surface area contributed by atoms with Crippen molar-refractivity contribution in [2.45, 2.75) is 13.8 Å². The summed E-state index contributed by atoms with van der Waals surface area (Å²) in [7, 11) is 1.52. The second-order valence-electron chi connectivity index (χ2n) is 6.91. The summed E-state index contributed by atoms with van der Waals surface area (Å²) < 4.78 is 5.33. The quantitative estimate of drug-likeness (QED) is 0.509. The lowest BCUT2D eigenvalue weighted by molar-refractivity contribution is 0.0973. The van der Waals surface area contributed by atoms with Gasteiger partial charge in [0.25, 0.3) is 11.8 Å². The van der Waals surface area contributed by atoms with E-state index in [1.807, 2.05) is 44.2 Å². The van der Waals surface area contributed by atoms with E-state index in [-0.39, 0.29) is 16.9 Å². The molecule has 0 unspecified atom stereocenters. The Morgan fingerprint density at radius 1 is 0.839 bits per heavy atom. The smallest absolute Gasteiger partial charge is 0.261 e. The van der Waals surface area contributed by atoms with E-state index in [1.165, 1.54) is 7.11 Å². The molecule has 6 nitrogen and oxygen atoms in total. The molecule has 2 amide bonds. The Hall–Kier alpha value is -3.71. The molecule has 0 aliphatic rings. The number of amides is 2. The zero-order valence-corrected chi connectivity index (χ0v) is 18.3. The normalized spacial score (nSPS) is 10.2. The maximum absolute atomic E-state index is 12.6. The Labute approximate surface area is 186 Å². The summed E-state index contributed by atoms with van der Waals surface area (Å²) in [4.78, 5) is 24.9. The number of para-hydroxylation sites is 1. The van der Waals surface area contributed by atoms with Gasteiger partial charge in [-0.25, -0.2) is 0 Å². The van der Waals surface area contributed by atoms with Crippen molar-refractivity contribution in [3.05, 3.63) is 89.0 Å². The lowest BCUT2D eigenvalue weighted by Gasteiger charge is -2.14. The highest BCUT2D eigenvalue weighted by atomic mass is 32.1. The number of hydrogen-bond acceptors (Lipinski definition) is 4. The predicted octanol–water partition coefficient (Wildman–Crippen LogP) is 4.69. The number of methoxy groups -OCH3 is 1. The Morgan fingerprint density at radius 3 is 2.26 bits per heavy atom. The van der Waals surface area contributed by atoms with Gasteiger partial charge in [0.05, 0.1) is 12.7 Å². The third kappa shape index (κ3) is 5.46. The topological polar surface area (TPSA) is 79.5 Å². The zero-order chi connectivity index (χ0) is 22.4. The van der Waals surface area contributed by atoms with Crippen molar-refractivity contribution >= 4 is 40.5 Å². The van der Waals surface area contributed by atoms with E-state index >= 15 is 0 Å². The predicted molar refractivity (Wildman–Crippen MR) is 127 cm³/mol. The largest absolute Gasteiger partial charge is 0.496 e. The molecule has 0 spiro atoms. The summed E-state index contributed by atoms with van der Waals surface area (Å²) in [5, 5.41) is 8.72. The first-order chi connectivity index (χ1) is 14.9. The van der Waals surface area contributed by atoms with Gasteiger partial charge in [0, 0.05) is 16.9 Å². The molecule has 3 aromatic carbocycles. The fraction of sp³-hybridized carbons (Fsp3) is 0.125. The highest BCUT2D eigenvalue weighted by Crippen LogP contribution is 2.23. The summed E-state index contributed by atoms with van der Waals surface area (Å²) in [6.07, 6.45) is 0. The van der Waals surface area contributed by atoms with Crippen molar-refractivity contribution in [1.29, 1.82) is 0 Å². The van der Waals surface area contributed by atoms with Crippen LogP contribution >= 0.6 is 12.2 Å². The number of hydrogen-bond donors (Lipinski definition) is 3. The number of carbonyl (C=O) groups is 2. The maximum atomic E-state index is 12.6. The first kappa shape index (κ1) is 22.0. The van der Waals surface area contributed by atoms with Crippen LogP contribution in [-0.4, -0.2) is 24.0 Å². The lowest BCUT2D eigenvalue weighted by Crippen LogP contribution is -2.34. The average molecular weight is 434 g/mol. The number of ether oxygens (including phenoxy) is 1. The molecule has 0 aromatic heterocycles. The molecule has 7 heteroatoms. The molecule has 158 valence electrons. The summed E-state index contributed by atoms with van der Waals surface area (Å²) >= 11 is 5.28. The van der Waals surface area contributed by atoms with E-state index < -0.39 is 0 Å². The average Bonchev–Trinajstić information content (AvgIpc) is 2.75. The molecule has 0 fully saturated rings. The molecule has 0 bridgehead atoms. The van der Waals surface area contributed by atoms with Crippen LogP contribution in [0.4, 0.5) is 11.4 Å². The molecule has 3 N–H and O–H groups in total. The summed E-state index contributed by atoms with van der Waals surface area (Å²) in [5.41, 5.74) is 4.08. The van der Waals surface area contributed by atoms with Crippen LogP contribution in [0.2, 0.25) is 0 Å². The number of carbonyl (C=O) groups excluding carboxylic acids is 2. The van der Waals surface area contributed by atoms with Crippen LogP contribution < -0.4 is 20.7 Å². The van der Waals surface area contributed by atoms with Gasteiger partial charge < -0.3 is 15.4 Å². The van der Waals surface area contributed by atoms with Gasteiger partial charge in [-0.1, -0.05) is 30.3 Å². The number of anilines is 2. The summed E-state index contributed by atoms with van der Waals surface area (Å²) in [6.45, 7) is 3.75. The highest BCUT2D eigenvalue weighted by molar-refractivity contribution is 7.80. The molecular formula is C24H23N3O3S. The van der Waals surface area contributed by atoms with Crippen molar-refractivity contribution < 1.29 is 14.3 Å². The monoisotopic (exact) mass is 433 g/mol. The molecule has 0 saturated heterocycles. The van der Waals surface area contributed by atoms with Gasteiger partial charge in [-0.2, -0.15) is 0 Å². The van der Waals surface area contributed by atoms with Gasteiger partial charge in [-0.3, -0.25) is 14.9 Å². The molecule has 0 heterocycles. The number of nitrogens with one attached hydrogen (secondary N) is 3. The highest BCUT2D eigenvalue weighted by Gasteiger charge is 2.15. The molecule has 0 aliphatic heterocycles. The third-order valence-corrected chi connectivity index (χ3v) is 4.86. The Balaban J connectivity index is 1.64. The molecule has 3 aromatic rings. The van der Waals surface area contributed by atoms with Gasteiger partial charge >= 0.3 is 0 Å².